The number of alkyl carbamates (subject to hydrolysis) is 1. The molecule has 0 saturated heterocycles. The van der Waals surface area contributed by atoms with E-state index in [1.165, 1.54) is 19.1 Å². The largest absolute Gasteiger partial charge is 0.471 e. The van der Waals surface area contributed by atoms with E-state index >= 15 is 0 Å². The quantitative estimate of drug-likeness (QED) is 0.397. The first-order chi connectivity index (χ1) is 18.0. The molecule has 0 bridgehead atoms. The first kappa shape index (κ1) is 31.6. The molecule has 0 saturated carbocycles. The number of rotatable bonds is 10. The molecular formula is C26H32F3N3O6S. The van der Waals surface area contributed by atoms with Gasteiger partial charge >= 0.3 is 18.2 Å². The van der Waals surface area contributed by atoms with Gasteiger partial charge in [0.15, 0.2) is 0 Å². The lowest BCUT2D eigenvalue weighted by Gasteiger charge is -2.25. The number of hydrogen-bond acceptors (Lipinski definition) is 6. The number of amides is 3. The molecule has 0 aliphatic heterocycles. The predicted octanol–water partition coefficient (Wildman–Crippen LogP) is 3.83. The Bertz CT molecular complexity index is 1240. The molecule has 9 nitrogen and oxygen atoms in total. The minimum absolute atomic E-state index is 0.104. The molecule has 2 rings (SSSR count). The van der Waals surface area contributed by atoms with Gasteiger partial charge in [-0.3, -0.25) is 9.59 Å². The van der Waals surface area contributed by atoms with Crippen LogP contribution in [0.15, 0.2) is 59.5 Å². The van der Waals surface area contributed by atoms with Crippen molar-refractivity contribution in [2.24, 2.45) is 5.92 Å². The number of carbonyl (C=O) groups is 3. The third-order valence-corrected chi connectivity index (χ3v) is 6.67. The minimum atomic E-state index is -5.03. The number of nitrogens with one attached hydrogen (secondary N) is 3. The summed E-state index contributed by atoms with van der Waals surface area (Å²) in [7, 11) is -4.30. The molecular weight excluding hydrogens is 539 g/mol. The van der Waals surface area contributed by atoms with Crippen molar-refractivity contribution in [3.8, 4) is 0 Å². The fourth-order valence-corrected chi connectivity index (χ4v) is 4.54. The van der Waals surface area contributed by atoms with Crippen molar-refractivity contribution in [3.63, 3.8) is 0 Å². The molecule has 0 heterocycles. The molecule has 13 heteroatoms. The zero-order valence-electron chi connectivity index (χ0n) is 22.0. The average Bonchev–Trinajstić information content (AvgIpc) is 2.81. The van der Waals surface area contributed by atoms with E-state index in [0.717, 1.165) is 17.7 Å². The lowest BCUT2D eigenvalue weighted by atomic mass is 9.96. The zero-order valence-corrected chi connectivity index (χ0v) is 22.8. The summed E-state index contributed by atoms with van der Waals surface area (Å²) < 4.78 is 69.7. The van der Waals surface area contributed by atoms with Crippen LogP contribution in [0.2, 0.25) is 0 Å². The SMILES string of the molecule is C[C@@H](C[C@H](Cc1ccccc1)NC(=O)OC(C)(C)C)C(=O)NS(=O)(=O)c1ccc(CNC(=O)C(F)(F)F)cc1. The number of sulfonamides is 1. The summed E-state index contributed by atoms with van der Waals surface area (Å²) in [5.74, 6) is -3.76. The van der Waals surface area contributed by atoms with Gasteiger partial charge in [0.2, 0.25) is 5.91 Å². The van der Waals surface area contributed by atoms with E-state index < -0.39 is 58.2 Å². The molecule has 2 aromatic carbocycles. The molecule has 0 aliphatic carbocycles. The summed E-state index contributed by atoms with van der Waals surface area (Å²) >= 11 is 0. The summed E-state index contributed by atoms with van der Waals surface area (Å²) in [5.41, 5.74) is 0.381. The maximum Gasteiger partial charge on any atom is 0.471 e. The van der Waals surface area contributed by atoms with Crippen LogP contribution in [-0.2, 0) is 37.3 Å². The highest BCUT2D eigenvalue weighted by Crippen LogP contribution is 2.17. The molecule has 2 aromatic rings. The minimum Gasteiger partial charge on any atom is -0.444 e. The van der Waals surface area contributed by atoms with Crippen LogP contribution >= 0.6 is 0 Å². The van der Waals surface area contributed by atoms with E-state index in [1.54, 1.807) is 26.1 Å². The first-order valence-electron chi connectivity index (χ1n) is 12.0. The highest BCUT2D eigenvalue weighted by molar-refractivity contribution is 7.90. The van der Waals surface area contributed by atoms with Crippen LogP contribution < -0.4 is 15.4 Å². The van der Waals surface area contributed by atoms with Gasteiger partial charge in [-0.15, -0.1) is 0 Å². The van der Waals surface area contributed by atoms with Crippen LogP contribution in [0.3, 0.4) is 0 Å². The van der Waals surface area contributed by atoms with Crippen LogP contribution in [0.25, 0.3) is 0 Å². The van der Waals surface area contributed by atoms with Gasteiger partial charge in [-0.2, -0.15) is 13.2 Å². The number of halogens is 3. The van der Waals surface area contributed by atoms with Crippen molar-refractivity contribution in [1.29, 1.82) is 0 Å². The molecule has 39 heavy (non-hydrogen) atoms. The van der Waals surface area contributed by atoms with Crippen molar-refractivity contribution in [2.75, 3.05) is 0 Å². The average molecular weight is 572 g/mol. The highest BCUT2D eigenvalue weighted by atomic mass is 32.2. The molecule has 2 atom stereocenters. The number of alkyl halides is 3. The Morgan fingerprint density at radius 2 is 1.51 bits per heavy atom. The maximum absolute atomic E-state index is 12.8. The van der Waals surface area contributed by atoms with E-state index in [1.807, 2.05) is 35.1 Å². The van der Waals surface area contributed by atoms with Gasteiger partial charge in [-0.05, 0) is 56.9 Å². The molecule has 0 aromatic heterocycles. The van der Waals surface area contributed by atoms with Gasteiger partial charge in [0.05, 0.1) is 4.90 Å². The van der Waals surface area contributed by atoms with E-state index in [2.05, 4.69) is 5.32 Å². The summed E-state index contributed by atoms with van der Waals surface area (Å²) in [6.45, 7) is 6.20. The molecule has 0 aliphatic rings. The monoisotopic (exact) mass is 571 g/mol. The van der Waals surface area contributed by atoms with Crippen molar-refractivity contribution in [2.45, 2.75) is 69.8 Å². The molecule has 0 unspecified atom stereocenters. The van der Waals surface area contributed by atoms with Crippen molar-refractivity contribution < 1.29 is 40.7 Å². The second-order valence-corrected chi connectivity index (χ2v) is 11.6. The highest BCUT2D eigenvalue weighted by Gasteiger charge is 2.38. The Morgan fingerprint density at radius 3 is 2.05 bits per heavy atom. The van der Waals surface area contributed by atoms with Crippen molar-refractivity contribution in [1.82, 2.24) is 15.4 Å². The van der Waals surface area contributed by atoms with Gasteiger partial charge in [-0.25, -0.2) is 17.9 Å². The fourth-order valence-electron chi connectivity index (χ4n) is 3.46. The standard InChI is InChI=1S/C26H32F3N3O6S/c1-17(14-20(15-18-8-6-5-7-9-18)31-24(35)38-25(2,3)4)22(33)32-39(36,37)21-12-10-19(11-13-21)16-30-23(34)26(27,28)29/h5-13,17,20H,14-16H2,1-4H3,(H,30,34)(H,31,35)(H,32,33)/t17-,20+/m0/s1. The third kappa shape index (κ3) is 11.0. The lowest BCUT2D eigenvalue weighted by molar-refractivity contribution is -0.173. The lowest BCUT2D eigenvalue weighted by Crippen LogP contribution is -2.43. The molecule has 0 radical (unpaired) electrons. The summed E-state index contributed by atoms with van der Waals surface area (Å²) in [6, 6.07) is 13.3. The Kier molecular flexibility index (Phi) is 10.5. The topological polar surface area (TPSA) is 131 Å². The molecule has 0 fully saturated rings. The molecule has 3 N–H and O–H groups in total. The van der Waals surface area contributed by atoms with Gasteiger partial charge in [-0.1, -0.05) is 49.4 Å². The van der Waals surface area contributed by atoms with Crippen molar-refractivity contribution in [3.05, 3.63) is 65.7 Å². The van der Waals surface area contributed by atoms with Gasteiger partial charge in [0.25, 0.3) is 10.0 Å². The Balaban J connectivity index is 2.05. The van der Waals surface area contributed by atoms with E-state index in [9.17, 15) is 36.0 Å². The van der Waals surface area contributed by atoms with E-state index in [4.69, 9.17) is 4.74 Å². The van der Waals surface area contributed by atoms with Crippen LogP contribution in [0.5, 0.6) is 0 Å². The van der Waals surface area contributed by atoms with Crippen LogP contribution in [0, 0.1) is 5.92 Å². The van der Waals surface area contributed by atoms with Crippen LogP contribution in [0.1, 0.15) is 45.2 Å². The van der Waals surface area contributed by atoms with Crippen LogP contribution in [0.4, 0.5) is 18.0 Å². The third-order valence-electron chi connectivity index (χ3n) is 5.31. The number of hydrogen-bond donors (Lipinski definition) is 3. The number of ether oxygens (including phenoxy) is 1. The van der Waals surface area contributed by atoms with Crippen molar-refractivity contribution >= 4 is 27.9 Å². The normalized spacial score (nSPS) is 13.6. The molecule has 0 spiro atoms. The molecule has 214 valence electrons. The Morgan fingerprint density at radius 1 is 0.923 bits per heavy atom. The fraction of sp³-hybridized carbons (Fsp3) is 0.423. The smallest absolute Gasteiger partial charge is 0.444 e. The summed E-state index contributed by atoms with van der Waals surface area (Å²) in [4.78, 5) is 35.8. The second-order valence-electron chi connectivity index (χ2n) is 9.96. The number of benzene rings is 2. The maximum atomic E-state index is 12.8. The van der Waals surface area contributed by atoms with Crippen LogP contribution in [-0.4, -0.2) is 44.1 Å². The van der Waals surface area contributed by atoms with Gasteiger partial charge < -0.3 is 15.4 Å². The molecule has 3 amide bonds. The van der Waals surface area contributed by atoms with E-state index in [-0.39, 0.29) is 16.9 Å². The van der Waals surface area contributed by atoms with Gasteiger partial charge in [0, 0.05) is 18.5 Å². The van der Waals surface area contributed by atoms with E-state index in [0.29, 0.717) is 6.42 Å². The Labute approximate surface area is 225 Å². The second kappa shape index (κ2) is 13.0. The summed E-state index contributed by atoms with van der Waals surface area (Å²) in [6.07, 6.45) is -5.23. The van der Waals surface area contributed by atoms with Gasteiger partial charge in [0.1, 0.15) is 5.60 Å². The zero-order chi connectivity index (χ0) is 29.4. The summed E-state index contributed by atoms with van der Waals surface area (Å²) in [5, 5.41) is 4.43. The predicted molar refractivity (Wildman–Crippen MR) is 137 cm³/mol. The Hall–Kier alpha value is -3.61. The first-order valence-corrected chi connectivity index (χ1v) is 13.5. The number of carbonyl (C=O) groups excluding carboxylic acids is 3.